The summed E-state index contributed by atoms with van der Waals surface area (Å²) in [7, 11) is 1.43. The Balaban J connectivity index is 3.08. The lowest BCUT2D eigenvalue weighted by molar-refractivity contribution is 0.00537. The fraction of sp³-hybridized carbons (Fsp3) is 0.556. The van der Waals surface area contributed by atoms with E-state index in [1.165, 1.54) is 7.05 Å². The topological polar surface area (TPSA) is 94.3 Å². The van der Waals surface area contributed by atoms with E-state index < -0.39 is 23.2 Å². The summed E-state index contributed by atoms with van der Waals surface area (Å²) in [6.45, 7) is 5.07. The van der Waals surface area contributed by atoms with E-state index in [2.05, 4.69) is 10.3 Å². The molecule has 0 aliphatic carbocycles. The maximum atomic E-state index is 11.7. The SMILES string of the molecule is Cn1nnc(C(=O)O)c1C(=O)OC(C)(C)C. The molecule has 1 N–H and O–H groups in total. The van der Waals surface area contributed by atoms with E-state index in [1.54, 1.807) is 20.8 Å². The Morgan fingerprint density at radius 3 is 2.38 bits per heavy atom. The molecule has 0 atom stereocenters. The maximum absolute atomic E-state index is 11.7. The predicted octanol–water partition coefficient (Wildman–Crippen LogP) is 0.469. The third-order valence-corrected chi connectivity index (χ3v) is 1.62. The maximum Gasteiger partial charge on any atom is 0.359 e. The number of hydrogen-bond donors (Lipinski definition) is 1. The molecular formula is C9H13N3O4. The second-order valence-electron chi connectivity index (χ2n) is 4.22. The molecule has 0 saturated heterocycles. The molecule has 0 amide bonds. The molecule has 0 fully saturated rings. The van der Waals surface area contributed by atoms with Gasteiger partial charge in [0, 0.05) is 7.05 Å². The number of hydrogen-bond acceptors (Lipinski definition) is 5. The number of aryl methyl sites for hydroxylation is 1. The van der Waals surface area contributed by atoms with Gasteiger partial charge in [0.25, 0.3) is 0 Å². The van der Waals surface area contributed by atoms with Gasteiger partial charge in [-0.1, -0.05) is 5.21 Å². The number of carboxylic acid groups (broad SMARTS) is 1. The van der Waals surface area contributed by atoms with Crippen molar-refractivity contribution in [3.05, 3.63) is 11.4 Å². The number of esters is 1. The van der Waals surface area contributed by atoms with Crippen molar-refractivity contribution in [1.82, 2.24) is 15.0 Å². The number of nitrogens with zero attached hydrogens (tertiary/aromatic N) is 3. The average Bonchev–Trinajstić information content (AvgIpc) is 2.43. The lowest BCUT2D eigenvalue weighted by Gasteiger charge is -2.19. The molecule has 1 heterocycles. The van der Waals surface area contributed by atoms with E-state index in [-0.39, 0.29) is 5.69 Å². The molecule has 0 bridgehead atoms. The Morgan fingerprint density at radius 2 is 1.94 bits per heavy atom. The standard InChI is InChI=1S/C9H13N3O4/c1-9(2,3)16-8(15)6-5(7(13)14)10-11-12(6)4/h1-4H3,(H,13,14). The molecule has 1 rings (SSSR count). The number of carbonyl (C=O) groups is 2. The molecule has 0 aliphatic heterocycles. The van der Waals surface area contributed by atoms with Crippen LogP contribution in [0.5, 0.6) is 0 Å². The zero-order chi connectivity index (χ0) is 12.5. The Labute approximate surface area is 92.0 Å². The summed E-state index contributed by atoms with van der Waals surface area (Å²) >= 11 is 0. The van der Waals surface area contributed by atoms with Gasteiger partial charge in [-0.25, -0.2) is 14.3 Å². The summed E-state index contributed by atoms with van der Waals surface area (Å²) in [5.41, 5.74) is -1.27. The highest BCUT2D eigenvalue weighted by Crippen LogP contribution is 2.13. The summed E-state index contributed by atoms with van der Waals surface area (Å²) in [5, 5.41) is 15.7. The summed E-state index contributed by atoms with van der Waals surface area (Å²) in [6.07, 6.45) is 0. The van der Waals surface area contributed by atoms with Crippen molar-refractivity contribution in [3.8, 4) is 0 Å². The molecule has 0 aliphatic rings. The van der Waals surface area contributed by atoms with Crippen molar-refractivity contribution >= 4 is 11.9 Å². The molecule has 0 unspecified atom stereocenters. The largest absolute Gasteiger partial charge is 0.476 e. The molecule has 1 aromatic rings. The molecule has 0 aromatic carbocycles. The number of rotatable bonds is 2. The third-order valence-electron chi connectivity index (χ3n) is 1.62. The van der Waals surface area contributed by atoms with Gasteiger partial charge >= 0.3 is 11.9 Å². The smallest absolute Gasteiger partial charge is 0.359 e. The summed E-state index contributed by atoms with van der Waals surface area (Å²) in [6, 6.07) is 0. The van der Waals surface area contributed by atoms with Crippen molar-refractivity contribution in [2.24, 2.45) is 7.05 Å². The van der Waals surface area contributed by atoms with E-state index in [4.69, 9.17) is 9.84 Å². The monoisotopic (exact) mass is 227 g/mol. The van der Waals surface area contributed by atoms with Crippen LogP contribution in [0.2, 0.25) is 0 Å². The van der Waals surface area contributed by atoms with Gasteiger partial charge < -0.3 is 9.84 Å². The van der Waals surface area contributed by atoms with Crippen molar-refractivity contribution < 1.29 is 19.4 Å². The average molecular weight is 227 g/mol. The number of aromatic nitrogens is 3. The molecule has 0 spiro atoms. The van der Waals surface area contributed by atoms with Gasteiger partial charge in [0.05, 0.1) is 0 Å². The Bertz CT molecular complexity index is 430. The molecule has 16 heavy (non-hydrogen) atoms. The van der Waals surface area contributed by atoms with Crippen LogP contribution in [0.15, 0.2) is 0 Å². The lowest BCUT2D eigenvalue weighted by Crippen LogP contribution is -2.26. The highest BCUT2D eigenvalue weighted by Gasteiger charge is 2.28. The second-order valence-corrected chi connectivity index (χ2v) is 4.22. The molecule has 0 saturated carbocycles. The minimum atomic E-state index is -1.31. The molecular weight excluding hydrogens is 214 g/mol. The van der Waals surface area contributed by atoms with E-state index in [1.807, 2.05) is 0 Å². The minimum absolute atomic E-state index is 0.164. The summed E-state index contributed by atoms with van der Waals surface area (Å²) in [5.74, 6) is -2.06. The molecule has 88 valence electrons. The van der Waals surface area contributed by atoms with Gasteiger partial charge in [0.15, 0.2) is 5.69 Å². The van der Waals surface area contributed by atoms with Gasteiger partial charge in [-0.2, -0.15) is 0 Å². The van der Waals surface area contributed by atoms with Crippen LogP contribution in [-0.4, -0.2) is 37.6 Å². The van der Waals surface area contributed by atoms with Crippen LogP contribution in [0.4, 0.5) is 0 Å². The predicted molar refractivity (Wildman–Crippen MR) is 53.1 cm³/mol. The van der Waals surface area contributed by atoms with Crippen LogP contribution < -0.4 is 0 Å². The van der Waals surface area contributed by atoms with Gasteiger partial charge in [0.2, 0.25) is 5.69 Å². The molecule has 1 aromatic heterocycles. The van der Waals surface area contributed by atoms with Crippen LogP contribution >= 0.6 is 0 Å². The second kappa shape index (κ2) is 3.92. The quantitative estimate of drug-likeness (QED) is 0.738. The highest BCUT2D eigenvalue weighted by atomic mass is 16.6. The minimum Gasteiger partial charge on any atom is -0.476 e. The first-order valence-electron chi connectivity index (χ1n) is 4.58. The van der Waals surface area contributed by atoms with E-state index >= 15 is 0 Å². The Hall–Kier alpha value is -1.92. The van der Waals surface area contributed by atoms with Crippen LogP contribution in [-0.2, 0) is 11.8 Å². The number of ether oxygens (including phenoxy) is 1. The van der Waals surface area contributed by atoms with E-state index in [0.717, 1.165) is 4.68 Å². The van der Waals surface area contributed by atoms with Gasteiger partial charge in [-0.3, -0.25) is 0 Å². The number of carboxylic acids is 1. The zero-order valence-corrected chi connectivity index (χ0v) is 9.51. The van der Waals surface area contributed by atoms with Gasteiger partial charge in [-0.05, 0) is 20.8 Å². The first-order chi connectivity index (χ1) is 7.22. The molecule has 0 radical (unpaired) electrons. The third kappa shape index (κ3) is 2.56. The van der Waals surface area contributed by atoms with Crippen LogP contribution in [0.3, 0.4) is 0 Å². The van der Waals surface area contributed by atoms with Crippen LogP contribution in [0.25, 0.3) is 0 Å². The van der Waals surface area contributed by atoms with Gasteiger partial charge in [0.1, 0.15) is 5.60 Å². The molecule has 7 heteroatoms. The van der Waals surface area contributed by atoms with Crippen molar-refractivity contribution in [1.29, 1.82) is 0 Å². The van der Waals surface area contributed by atoms with E-state index in [9.17, 15) is 9.59 Å². The fourth-order valence-electron chi connectivity index (χ4n) is 1.06. The highest BCUT2D eigenvalue weighted by molar-refractivity contribution is 5.99. The van der Waals surface area contributed by atoms with Crippen molar-refractivity contribution in [3.63, 3.8) is 0 Å². The van der Waals surface area contributed by atoms with Crippen LogP contribution in [0, 0.1) is 0 Å². The number of aromatic carboxylic acids is 1. The van der Waals surface area contributed by atoms with Crippen LogP contribution in [0.1, 0.15) is 41.7 Å². The first-order valence-corrected chi connectivity index (χ1v) is 4.58. The molecule has 7 nitrogen and oxygen atoms in total. The Morgan fingerprint density at radius 1 is 1.38 bits per heavy atom. The fourth-order valence-corrected chi connectivity index (χ4v) is 1.06. The summed E-state index contributed by atoms with van der Waals surface area (Å²) in [4.78, 5) is 22.5. The first kappa shape index (κ1) is 12.2. The van der Waals surface area contributed by atoms with Crippen molar-refractivity contribution in [2.45, 2.75) is 26.4 Å². The lowest BCUT2D eigenvalue weighted by atomic mass is 10.2. The Kier molecular flexibility index (Phi) is 2.97. The number of carbonyl (C=O) groups excluding carboxylic acids is 1. The van der Waals surface area contributed by atoms with Crippen molar-refractivity contribution in [2.75, 3.05) is 0 Å². The van der Waals surface area contributed by atoms with Gasteiger partial charge in [-0.15, -0.1) is 5.10 Å². The summed E-state index contributed by atoms with van der Waals surface area (Å²) < 4.78 is 6.13. The van der Waals surface area contributed by atoms with E-state index in [0.29, 0.717) is 0 Å². The zero-order valence-electron chi connectivity index (χ0n) is 9.51. The normalized spacial score (nSPS) is 11.2.